The van der Waals surface area contributed by atoms with E-state index in [0.717, 1.165) is 5.69 Å². The molecule has 1 unspecified atom stereocenters. The van der Waals surface area contributed by atoms with Gasteiger partial charge in [-0.2, -0.15) is 0 Å². The molecule has 4 heteroatoms. The van der Waals surface area contributed by atoms with Crippen molar-refractivity contribution in [3.63, 3.8) is 0 Å². The molecule has 4 nitrogen and oxygen atoms in total. The molecule has 0 aliphatic heterocycles. The summed E-state index contributed by atoms with van der Waals surface area (Å²) in [5.74, 6) is -0.406. The lowest BCUT2D eigenvalue weighted by Gasteiger charge is -2.29. The molecule has 1 rings (SSSR count). The Bertz CT molecular complexity index is 411. The number of rotatable bonds is 4. The zero-order valence-electron chi connectivity index (χ0n) is 11.4. The van der Waals surface area contributed by atoms with Gasteiger partial charge in [-0.1, -0.05) is 26.8 Å². The lowest BCUT2D eigenvalue weighted by Crippen LogP contribution is -2.30. The van der Waals surface area contributed by atoms with Gasteiger partial charge in [0.1, 0.15) is 6.61 Å². The molecule has 1 aromatic rings. The summed E-state index contributed by atoms with van der Waals surface area (Å²) in [6.07, 6.45) is 0. The zero-order chi connectivity index (χ0) is 13.8. The number of hydrogen-bond donors (Lipinski definition) is 3. The van der Waals surface area contributed by atoms with Crippen molar-refractivity contribution in [1.82, 2.24) is 0 Å². The fourth-order valence-corrected chi connectivity index (χ4v) is 1.35. The van der Waals surface area contributed by atoms with E-state index in [1.807, 2.05) is 18.2 Å². The van der Waals surface area contributed by atoms with Crippen molar-refractivity contribution in [2.24, 2.45) is 5.41 Å². The summed E-state index contributed by atoms with van der Waals surface area (Å²) >= 11 is 0. The van der Waals surface area contributed by atoms with Gasteiger partial charge in [-0.15, -0.1) is 0 Å². The van der Waals surface area contributed by atoms with Crippen LogP contribution in [0.5, 0.6) is 0 Å². The van der Waals surface area contributed by atoms with Gasteiger partial charge in [-0.25, -0.2) is 0 Å². The quantitative estimate of drug-likeness (QED) is 0.769. The Kier molecular flexibility index (Phi) is 4.73. The molecular formula is C14H22N2O2. The number of amides is 1. The summed E-state index contributed by atoms with van der Waals surface area (Å²) in [5, 5.41) is 14.7. The number of carbonyl (C=O) groups excluding carboxylic acids is 1. The Morgan fingerprint density at radius 3 is 2.50 bits per heavy atom. The van der Waals surface area contributed by atoms with E-state index in [-0.39, 0.29) is 5.41 Å². The molecule has 0 spiro atoms. The molecule has 0 aromatic heterocycles. The first-order valence-electron chi connectivity index (χ1n) is 6.10. The van der Waals surface area contributed by atoms with Gasteiger partial charge < -0.3 is 15.7 Å². The van der Waals surface area contributed by atoms with Crippen LogP contribution in [-0.2, 0) is 4.79 Å². The smallest absolute Gasteiger partial charge is 0.250 e. The van der Waals surface area contributed by atoms with E-state index in [0.29, 0.717) is 11.7 Å². The van der Waals surface area contributed by atoms with Gasteiger partial charge in [-0.05, 0) is 30.5 Å². The maximum atomic E-state index is 11.1. The Morgan fingerprint density at radius 2 is 1.94 bits per heavy atom. The lowest BCUT2D eigenvalue weighted by molar-refractivity contribution is -0.118. The van der Waals surface area contributed by atoms with E-state index in [2.05, 4.69) is 38.3 Å². The summed E-state index contributed by atoms with van der Waals surface area (Å²) in [6, 6.07) is 7.78. The second-order valence-corrected chi connectivity index (χ2v) is 5.52. The highest BCUT2D eigenvalue weighted by molar-refractivity contribution is 5.91. The minimum atomic E-state index is -0.504. The standard InChI is InChI=1S/C14H22N2O2/c1-10(14(2,3)4)15-11-6-5-7-12(8-11)16-13(18)9-17/h5-8,10,15,17H,9H2,1-4H3,(H,16,18). The number of aliphatic hydroxyl groups excluding tert-OH is 1. The molecule has 0 fully saturated rings. The van der Waals surface area contributed by atoms with Gasteiger partial charge in [0, 0.05) is 17.4 Å². The van der Waals surface area contributed by atoms with Crippen LogP contribution in [0.25, 0.3) is 0 Å². The van der Waals surface area contributed by atoms with Crippen molar-refractivity contribution in [3.05, 3.63) is 24.3 Å². The van der Waals surface area contributed by atoms with E-state index in [1.165, 1.54) is 0 Å². The number of benzene rings is 1. The number of carbonyl (C=O) groups is 1. The third-order valence-corrected chi connectivity index (χ3v) is 2.97. The first kappa shape index (κ1) is 14.5. The third kappa shape index (κ3) is 4.37. The summed E-state index contributed by atoms with van der Waals surface area (Å²) in [5.41, 5.74) is 1.79. The molecule has 0 aliphatic rings. The van der Waals surface area contributed by atoms with Crippen LogP contribution < -0.4 is 10.6 Å². The molecule has 100 valence electrons. The van der Waals surface area contributed by atoms with Crippen LogP contribution >= 0.6 is 0 Å². The molecule has 0 bridgehead atoms. The van der Waals surface area contributed by atoms with Gasteiger partial charge in [0.05, 0.1) is 0 Å². The number of nitrogens with one attached hydrogen (secondary N) is 2. The molecule has 0 saturated heterocycles. The summed E-state index contributed by atoms with van der Waals surface area (Å²) in [4.78, 5) is 11.1. The second kappa shape index (κ2) is 5.87. The average Bonchev–Trinajstić information content (AvgIpc) is 2.28. The molecule has 0 aliphatic carbocycles. The molecule has 3 N–H and O–H groups in total. The molecule has 0 heterocycles. The maximum absolute atomic E-state index is 11.1. The van der Waals surface area contributed by atoms with E-state index in [1.54, 1.807) is 6.07 Å². The normalized spacial score (nSPS) is 12.9. The topological polar surface area (TPSA) is 61.4 Å². The summed E-state index contributed by atoms with van der Waals surface area (Å²) in [6.45, 7) is 8.13. The number of anilines is 2. The van der Waals surface area contributed by atoms with E-state index in [9.17, 15) is 4.79 Å². The minimum absolute atomic E-state index is 0.157. The van der Waals surface area contributed by atoms with Crippen LogP contribution in [0.3, 0.4) is 0 Å². The van der Waals surface area contributed by atoms with E-state index in [4.69, 9.17) is 5.11 Å². The third-order valence-electron chi connectivity index (χ3n) is 2.97. The molecule has 0 radical (unpaired) electrons. The van der Waals surface area contributed by atoms with Crippen molar-refractivity contribution in [2.75, 3.05) is 17.2 Å². The molecule has 1 amide bonds. The SMILES string of the molecule is CC(Nc1cccc(NC(=O)CO)c1)C(C)(C)C. The second-order valence-electron chi connectivity index (χ2n) is 5.52. The van der Waals surface area contributed by atoms with Crippen LogP contribution in [0.1, 0.15) is 27.7 Å². The predicted molar refractivity (Wildman–Crippen MR) is 74.7 cm³/mol. The van der Waals surface area contributed by atoms with Crippen molar-refractivity contribution < 1.29 is 9.90 Å². The highest BCUT2D eigenvalue weighted by Gasteiger charge is 2.19. The largest absolute Gasteiger partial charge is 0.387 e. The lowest BCUT2D eigenvalue weighted by atomic mass is 9.88. The fraction of sp³-hybridized carbons (Fsp3) is 0.500. The van der Waals surface area contributed by atoms with Gasteiger partial charge in [0.2, 0.25) is 5.91 Å². The van der Waals surface area contributed by atoms with Crippen LogP contribution in [-0.4, -0.2) is 23.7 Å². The predicted octanol–water partition coefficient (Wildman–Crippen LogP) is 2.46. The van der Waals surface area contributed by atoms with Crippen LogP contribution in [0.15, 0.2) is 24.3 Å². The van der Waals surface area contributed by atoms with Gasteiger partial charge in [0.15, 0.2) is 0 Å². The van der Waals surface area contributed by atoms with Gasteiger partial charge in [-0.3, -0.25) is 4.79 Å². The molecule has 0 saturated carbocycles. The highest BCUT2D eigenvalue weighted by atomic mass is 16.3. The molecule has 1 aromatic carbocycles. The Hall–Kier alpha value is -1.55. The summed E-state index contributed by atoms with van der Waals surface area (Å²) in [7, 11) is 0. The Balaban J connectivity index is 2.73. The van der Waals surface area contributed by atoms with Gasteiger partial charge >= 0.3 is 0 Å². The first-order valence-corrected chi connectivity index (χ1v) is 6.10. The van der Waals surface area contributed by atoms with E-state index < -0.39 is 12.5 Å². The van der Waals surface area contributed by atoms with Crippen molar-refractivity contribution in [1.29, 1.82) is 0 Å². The minimum Gasteiger partial charge on any atom is -0.387 e. The molecular weight excluding hydrogens is 228 g/mol. The van der Waals surface area contributed by atoms with Crippen LogP contribution in [0.2, 0.25) is 0 Å². The molecule has 1 atom stereocenters. The summed E-state index contributed by atoms with van der Waals surface area (Å²) < 4.78 is 0. The monoisotopic (exact) mass is 250 g/mol. The Morgan fingerprint density at radius 1 is 1.33 bits per heavy atom. The number of aliphatic hydroxyl groups is 1. The van der Waals surface area contributed by atoms with Crippen molar-refractivity contribution >= 4 is 17.3 Å². The van der Waals surface area contributed by atoms with Crippen molar-refractivity contribution in [2.45, 2.75) is 33.7 Å². The van der Waals surface area contributed by atoms with Crippen molar-refractivity contribution in [3.8, 4) is 0 Å². The zero-order valence-corrected chi connectivity index (χ0v) is 11.4. The highest BCUT2D eigenvalue weighted by Crippen LogP contribution is 2.24. The van der Waals surface area contributed by atoms with Crippen LogP contribution in [0, 0.1) is 5.41 Å². The van der Waals surface area contributed by atoms with E-state index >= 15 is 0 Å². The number of hydrogen-bond acceptors (Lipinski definition) is 3. The maximum Gasteiger partial charge on any atom is 0.250 e. The Labute approximate surface area is 108 Å². The first-order chi connectivity index (χ1) is 8.32. The average molecular weight is 250 g/mol. The fourth-order valence-electron chi connectivity index (χ4n) is 1.35. The molecule has 18 heavy (non-hydrogen) atoms. The van der Waals surface area contributed by atoms with Gasteiger partial charge in [0.25, 0.3) is 0 Å². The van der Waals surface area contributed by atoms with Crippen LogP contribution in [0.4, 0.5) is 11.4 Å².